The quantitative estimate of drug-likeness (QED) is 0.861. The van der Waals surface area contributed by atoms with Gasteiger partial charge in [-0.3, -0.25) is 4.79 Å². The van der Waals surface area contributed by atoms with Crippen molar-refractivity contribution in [3.63, 3.8) is 0 Å². The van der Waals surface area contributed by atoms with Crippen LogP contribution in [0.25, 0.3) is 0 Å². The first-order valence-electron chi connectivity index (χ1n) is 7.18. The molecule has 0 aromatic heterocycles. The molecular weight excluding hydrogens is 294 g/mol. The highest BCUT2D eigenvalue weighted by Crippen LogP contribution is 2.15. The number of nitrogens with one attached hydrogen (secondary N) is 1. The Morgan fingerprint density at radius 2 is 1.83 bits per heavy atom. The molecule has 2 rings (SSSR count). The third kappa shape index (κ3) is 4.57. The fourth-order valence-electron chi connectivity index (χ4n) is 1.98. The molecule has 0 heterocycles. The van der Waals surface area contributed by atoms with E-state index in [-0.39, 0.29) is 12.5 Å². The zero-order valence-corrected chi connectivity index (χ0v) is 13.4. The summed E-state index contributed by atoms with van der Waals surface area (Å²) >= 11 is 0. The maximum atomic E-state index is 11.9. The van der Waals surface area contributed by atoms with Crippen molar-refractivity contribution in [1.82, 2.24) is 0 Å². The first kappa shape index (κ1) is 16.5. The Morgan fingerprint density at radius 1 is 1.04 bits per heavy atom. The minimum atomic E-state index is -0.570. The third-order valence-electron chi connectivity index (χ3n) is 3.43. The Labute approximate surface area is 135 Å². The maximum Gasteiger partial charge on any atom is 0.338 e. The Hall–Kier alpha value is -2.82. The van der Waals surface area contributed by atoms with Gasteiger partial charge in [0.1, 0.15) is 5.75 Å². The van der Waals surface area contributed by atoms with Gasteiger partial charge in [-0.05, 0) is 55.3 Å². The summed E-state index contributed by atoms with van der Waals surface area (Å²) < 4.78 is 10.1. The van der Waals surface area contributed by atoms with Gasteiger partial charge in [0.05, 0.1) is 12.7 Å². The number of carbonyl (C=O) groups is 2. The molecule has 5 nitrogen and oxygen atoms in total. The lowest BCUT2D eigenvalue weighted by Crippen LogP contribution is -2.21. The van der Waals surface area contributed by atoms with Gasteiger partial charge in [-0.1, -0.05) is 12.1 Å². The van der Waals surface area contributed by atoms with E-state index < -0.39 is 5.97 Å². The molecule has 0 spiro atoms. The van der Waals surface area contributed by atoms with E-state index in [1.54, 1.807) is 24.3 Å². The van der Waals surface area contributed by atoms with Gasteiger partial charge in [0.2, 0.25) is 0 Å². The van der Waals surface area contributed by atoms with Gasteiger partial charge in [-0.15, -0.1) is 0 Å². The number of hydrogen-bond donors (Lipinski definition) is 1. The highest BCUT2D eigenvalue weighted by molar-refractivity contribution is 5.95. The molecule has 0 aliphatic carbocycles. The molecule has 0 unspecified atom stereocenters. The smallest absolute Gasteiger partial charge is 0.338 e. The molecule has 0 atom stereocenters. The van der Waals surface area contributed by atoms with Gasteiger partial charge in [-0.25, -0.2) is 4.79 Å². The van der Waals surface area contributed by atoms with Crippen molar-refractivity contribution in [1.29, 1.82) is 0 Å². The molecule has 120 valence electrons. The summed E-state index contributed by atoms with van der Waals surface area (Å²) in [4.78, 5) is 23.8. The summed E-state index contributed by atoms with van der Waals surface area (Å²) in [6.07, 6.45) is 0. The largest absolute Gasteiger partial charge is 0.497 e. The van der Waals surface area contributed by atoms with Crippen LogP contribution in [0.4, 0.5) is 5.69 Å². The number of ether oxygens (including phenoxy) is 2. The molecule has 0 aliphatic heterocycles. The van der Waals surface area contributed by atoms with Gasteiger partial charge in [0, 0.05) is 5.69 Å². The van der Waals surface area contributed by atoms with Crippen LogP contribution in [0.2, 0.25) is 0 Å². The zero-order valence-electron chi connectivity index (χ0n) is 13.4. The van der Waals surface area contributed by atoms with Gasteiger partial charge in [0.25, 0.3) is 5.91 Å². The van der Waals surface area contributed by atoms with Crippen molar-refractivity contribution >= 4 is 17.6 Å². The van der Waals surface area contributed by atoms with Crippen LogP contribution in [-0.4, -0.2) is 25.6 Å². The van der Waals surface area contributed by atoms with Crippen LogP contribution in [0.3, 0.4) is 0 Å². The van der Waals surface area contributed by atoms with E-state index in [4.69, 9.17) is 9.47 Å². The van der Waals surface area contributed by atoms with Gasteiger partial charge >= 0.3 is 5.97 Å². The predicted octanol–water partition coefficient (Wildman–Crippen LogP) is 3.11. The van der Waals surface area contributed by atoms with Gasteiger partial charge < -0.3 is 14.8 Å². The first-order chi connectivity index (χ1) is 11.0. The molecule has 0 radical (unpaired) electrons. The molecule has 2 aromatic rings. The summed E-state index contributed by atoms with van der Waals surface area (Å²) in [6, 6.07) is 12.2. The average Bonchev–Trinajstić information content (AvgIpc) is 2.56. The minimum Gasteiger partial charge on any atom is -0.497 e. The fraction of sp³-hybridized carbons (Fsp3) is 0.222. The minimum absolute atomic E-state index is 0.336. The number of aryl methyl sites for hydroxylation is 2. The Morgan fingerprint density at radius 3 is 2.52 bits per heavy atom. The molecule has 0 saturated carbocycles. The van der Waals surface area contributed by atoms with Crippen molar-refractivity contribution in [2.24, 2.45) is 0 Å². The van der Waals surface area contributed by atoms with Crippen LogP contribution in [0, 0.1) is 13.8 Å². The normalized spacial score (nSPS) is 10.0. The van der Waals surface area contributed by atoms with E-state index in [0.29, 0.717) is 17.0 Å². The summed E-state index contributed by atoms with van der Waals surface area (Å²) in [5.74, 6) is -0.400. The van der Waals surface area contributed by atoms with E-state index in [1.807, 2.05) is 32.0 Å². The van der Waals surface area contributed by atoms with Gasteiger partial charge in [-0.2, -0.15) is 0 Å². The standard InChI is InChI=1S/C18H19NO4/c1-12-7-8-15(9-13(12)2)19-17(20)11-23-18(21)14-5-4-6-16(10-14)22-3/h4-10H,11H2,1-3H3,(H,19,20). The second-order valence-corrected chi connectivity index (χ2v) is 5.16. The van der Waals surface area contributed by atoms with Crippen molar-refractivity contribution in [3.05, 3.63) is 59.2 Å². The second-order valence-electron chi connectivity index (χ2n) is 5.16. The second kappa shape index (κ2) is 7.45. The first-order valence-corrected chi connectivity index (χ1v) is 7.18. The number of methoxy groups -OCH3 is 1. The number of carbonyl (C=O) groups excluding carboxylic acids is 2. The molecule has 23 heavy (non-hydrogen) atoms. The number of amides is 1. The van der Waals surface area contributed by atoms with Crippen LogP contribution >= 0.6 is 0 Å². The molecule has 1 N–H and O–H groups in total. The molecule has 0 fully saturated rings. The number of anilines is 1. The Balaban J connectivity index is 1.90. The van der Waals surface area contributed by atoms with Crippen LogP contribution < -0.4 is 10.1 Å². The lowest BCUT2D eigenvalue weighted by molar-refractivity contribution is -0.119. The zero-order chi connectivity index (χ0) is 16.8. The number of hydrogen-bond acceptors (Lipinski definition) is 4. The fourth-order valence-corrected chi connectivity index (χ4v) is 1.98. The highest BCUT2D eigenvalue weighted by atomic mass is 16.5. The summed E-state index contributed by atoms with van der Waals surface area (Å²) in [5.41, 5.74) is 3.24. The number of rotatable bonds is 5. The van der Waals surface area contributed by atoms with Crippen molar-refractivity contribution in [2.45, 2.75) is 13.8 Å². The number of esters is 1. The van der Waals surface area contributed by atoms with Crippen LogP contribution in [0.1, 0.15) is 21.5 Å². The van der Waals surface area contributed by atoms with E-state index >= 15 is 0 Å². The predicted molar refractivity (Wildman–Crippen MR) is 87.8 cm³/mol. The Bertz CT molecular complexity index is 725. The molecule has 0 bridgehead atoms. The third-order valence-corrected chi connectivity index (χ3v) is 3.43. The van der Waals surface area contributed by atoms with Crippen molar-refractivity contribution in [2.75, 3.05) is 19.0 Å². The molecule has 5 heteroatoms. The molecular formula is C18H19NO4. The summed E-state index contributed by atoms with van der Waals surface area (Å²) in [5, 5.41) is 2.70. The lowest BCUT2D eigenvalue weighted by atomic mass is 10.1. The van der Waals surface area contributed by atoms with E-state index in [1.165, 1.54) is 7.11 Å². The summed E-state index contributed by atoms with van der Waals surface area (Å²) in [6.45, 7) is 3.62. The SMILES string of the molecule is COc1cccc(C(=O)OCC(=O)Nc2ccc(C)c(C)c2)c1. The Kier molecular flexibility index (Phi) is 5.36. The maximum absolute atomic E-state index is 11.9. The van der Waals surface area contributed by atoms with E-state index in [0.717, 1.165) is 11.1 Å². The lowest BCUT2D eigenvalue weighted by Gasteiger charge is -2.09. The molecule has 0 aliphatic rings. The molecule has 0 saturated heterocycles. The van der Waals surface area contributed by atoms with Crippen LogP contribution in [0.5, 0.6) is 5.75 Å². The van der Waals surface area contributed by atoms with E-state index in [2.05, 4.69) is 5.32 Å². The monoisotopic (exact) mass is 313 g/mol. The van der Waals surface area contributed by atoms with Crippen molar-refractivity contribution < 1.29 is 19.1 Å². The van der Waals surface area contributed by atoms with Crippen molar-refractivity contribution in [3.8, 4) is 5.75 Å². The molecule has 1 amide bonds. The topological polar surface area (TPSA) is 64.6 Å². The number of benzene rings is 2. The average molecular weight is 313 g/mol. The highest BCUT2D eigenvalue weighted by Gasteiger charge is 2.11. The van der Waals surface area contributed by atoms with Crippen LogP contribution in [0.15, 0.2) is 42.5 Å². The van der Waals surface area contributed by atoms with Gasteiger partial charge in [0.15, 0.2) is 6.61 Å². The van der Waals surface area contributed by atoms with Crippen LogP contribution in [-0.2, 0) is 9.53 Å². The van der Waals surface area contributed by atoms with E-state index in [9.17, 15) is 9.59 Å². The summed E-state index contributed by atoms with van der Waals surface area (Å²) in [7, 11) is 1.52. The molecule has 2 aromatic carbocycles.